The first-order chi connectivity index (χ1) is 10.4. The predicted octanol–water partition coefficient (Wildman–Crippen LogP) is 2.93. The molecule has 0 saturated heterocycles. The van der Waals surface area contributed by atoms with Gasteiger partial charge in [-0.25, -0.2) is 0 Å². The average Bonchev–Trinajstić information content (AvgIpc) is 2.49. The average molecular weight is 296 g/mol. The first-order valence-corrected chi connectivity index (χ1v) is 6.71. The fourth-order valence-electron chi connectivity index (χ4n) is 1.95. The van der Waals surface area contributed by atoms with E-state index in [1.807, 2.05) is 0 Å². The summed E-state index contributed by atoms with van der Waals surface area (Å²) in [6.45, 7) is 2.91. The van der Waals surface area contributed by atoms with Gasteiger partial charge in [0.1, 0.15) is 0 Å². The normalized spacial score (nSPS) is 10.1. The van der Waals surface area contributed by atoms with Gasteiger partial charge in [-0.2, -0.15) is 0 Å². The molecule has 0 unspecified atom stereocenters. The lowest BCUT2D eigenvalue weighted by Crippen LogP contribution is -2.13. The third kappa shape index (κ3) is 3.38. The van der Waals surface area contributed by atoms with Crippen LogP contribution in [0.5, 0.6) is 0 Å². The molecular formula is C17H16N2O3. The molecule has 22 heavy (non-hydrogen) atoms. The van der Waals surface area contributed by atoms with Crippen molar-refractivity contribution in [3.8, 4) is 0 Å². The first-order valence-electron chi connectivity index (χ1n) is 6.71. The van der Waals surface area contributed by atoms with Crippen molar-refractivity contribution in [3.63, 3.8) is 0 Å². The van der Waals surface area contributed by atoms with Crippen LogP contribution in [-0.4, -0.2) is 17.5 Å². The Morgan fingerprint density at radius 3 is 1.82 bits per heavy atom. The van der Waals surface area contributed by atoms with Crippen molar-refractivity contribution in [2.75, 3.05) is 11.1 Å². The molecule has 0 aliphatic rings. The van der Waals surface area contributed by atoms with E-state index in [0.717, 1.165) is 0 Å². The SMILES string of the molecule is CC(=O)c1ccc(C(=O)Nc2ccc(C(C)=O)cc2N)cc1. The second-order valence-electron chi connectivity index (χ2n) is 4.95. The molecule has 0 spiro atoms. The lowest BCUT2D eigenvalue weighted by molar-refractivity contribution is 0.100. The van der Waals surface area contributed by atoms with Gasteiger partial charge in [0.15, 0.2) is 11.6 Å². The Labute approximate surface area is 128 Å². The van der Waals surface area contributed by atoms with Crippen LogP contribution in [0, 0.1) is 0 Å². The molecule has 0 radical (unpaired) electrons. The molecule has 112 valence electrons. The van der Waals surface area contributed by atoms with Crippen molar-refractivity contribution < 1.29 is 14.4 Å². The van der Waals surface area contributed by atoms with Crippen LogP contribution in [-0.2, 0) is 0 Å². The maximum atomic E-state index is 12.1. The second-order valence-corrected chi connectivity index (χ2v) is 4.95. The fraction of sp³-hybridized carbons (Fsp3) is 0.118. The van der Waals surface area contributed by atoms with Crippen LogP contribution >= 0.6 is 0 Å². The molecule has 0 bridgehead atoms. The van der Waals surface area contributed by atoms with Gasteiger partial charge >= 0.3 is 0 Å². The zero-order valence-corrected chi connectivity index (χ0v) is 12.3. The van der Waals surface area contributed by atoms with E-state index < -0.39 is 0 Å². The van der Waals surface area contributed by atoms with Crippen molar-refractivity contribution >= 4 is 28.8 Å². The van der Waals surface area contributed by atoms with Crippen LogP contribution in [0.1, 0.15) is 44.9 Å². The van der Waals surface area contributed by atoms with Crippen LogP contribution in [0.4, 0.5) is 11.4 Å². The number of amides is 1. The van der Waals surface area contributed by atoms with Crippen molar-refractivity contribution in [3.05, 3.63) is 59.2 Å². The summed E-state index contributed by atoms with van der Waals surface area (Å²) in [5.41, 5.74) is 8.04. The van der Waals surface area contributed by atoms with Gasteiger partial charge in [0.25, 0.3) is 5.91 Å². The maximum Gasteiger partial charge on any atom is 0.255 e. The van der Waals surface area contributed by atoms with Crippen molar-refractivity contribution in [1.29, 1.82) is 0 Å². The van der Waals surface area contributed by atoms with Crippen molar-refractivity contribution in [1.82, 2.24) is 0 Å². The Kier molecular flexibility index (Phi) is 4.36. The molecular weight excluding hydrogens is 280 g/mol. The van der Waals surface area contributed by atoms with Gasteiger partial charge in [-0.05, 0) is 44.2 Å². The van der Waals surface area contributed by atoms with E-state index in [1.165, 1.54) is 19.9 Å². The number of anilines is 2. The monoisotopic (exact) mass is 296 g/mol. The molecule has 0 aromatic heterocycles. The topological polar surface area (TPSA) is 89.3 Å². The van der Waals surface area contributed by atoms with E-state index in [0.29, 0.717) is 28.1 Å². The lowest BCUT2D eigenvalue weighted by Gasteiger charge is -2.09. The number of carbonyl (C=O) groups is 3. The molecule has 2 aromatic rings. The minimum Gasteiger partial charge on any atom is -0.397 e. The Bertz CT molecular complexity index is 749. The summed E-state index contributed by atoms with van der Waals surface area (Å²) in [6, 6.07) is 11.1. The van der Waals surface area contributed by atoms with Crippen LogP contribution < -0.4 is 11.1 Å². The summed E-state index contributed by atoms with van der Waals surface area (Å²) >= 11 is 0. The van der Waals surface area contributed by atoms with Gasteiger partial charge in [0, 0.05) is 16.7 Å². The zero-order chi connectivity index (χ0) is 16.3. The summed E-state index contributed by atoms with van der Waals surface area (Å²) in [4.78, 5) is 34.6. The number of Topliss-reactive ketones (excluding diaryl/α,β-unsaturated/α-hetero) is 2. The molecule has 0 fully saturated rings. The minimum atomic E-state index is -0.336. The number of carbonyl (C=O) groups excluding carboxylic acids is 3. The number of nitrogens with one attached hydrogen (secondary N) is 1. The molecule has 5 nitrogen and oxygen atoms in total. The van der Waals surface area contributed by atoms with E-state index in [1.54, 1.807) is 36.4 Å². The van der Waals surface area contributed by atoms with Gasteiger partial charge < -0.3 is 11.1 Å². The summed E-state index contributed by atoms with van der Waals surface area (Å²) < 4.78 is 0. The summed E-state index contributed by atoms with van der Waals surface area (Å²) in [6.07, 6.45) is 0. The highest BCUT2D eigenvalue weighted by molar-refractivity contribution is 6.07. The Morgan fingerprint density at radius 1 is 0.818 bits per heavy atom. The molecule has 2 aromatic carbocycles. The largest absolute Gasteiger partial charge is 0.397 e. The number of nitrogens with two attached hydrogens (primary N) is 1. The Hall–Kier alpha value is -2.95. The maximum absolute atomic E-state index is 12.1. The number of benzene rings is 2. The minimum absolute atomic E-state index is 0.0592. The van der Waals surface area contributed by atoms with Crippen LogP contribution in [0.25, 0.3) is 0 Å². The van der Waals surface area contributed by atoms with Crippen LogP contribution in [0.15, 0.2) is 42.5 Å². The van der Waals surface area contributed by atoms with Crippen molar-refractivity contribution in [2.24, 2.45) is 0 Å². The smallest absolute Gasteiger partial charge is 0.255 e. The number of rotatable bonds is 4. The number of nitrogen functional groups attached to an aromatic ring is 1. The molecule has 0 saturated carbocycles. The number of ketones is 2. The molecule has 0 atom stereocenters. The highest BCUT2D eigenvalue weighted by Gasteiger charge is 2.10. The third-order valence-electron chi connectivity index (χ3n) is 3.26. The van der Waals surface area contributed by atoms with Crippen LogP contribution in [0.2, 0.25) is 0 Å². The van der Waals surface area contributed by atoms with E-state index in [-0.39, 0.29) is 17.5 Å². The molecule has 3 N–H and O–H groups in total. The van der Waals surface area contributed by atoms with E-state index >= 15 is 0 Å². The highest BCUT2D eigenvalue weighted by Crippen LogP contribution is 2.21. The molecule has 0 aliphatic carbocycles. The van der Waals surface area contributed by atoms with Gasteiger partial charge in [0.2, 0.25) is 0 Å². The van der Waals surface area contributed by atoms with Gasteiger partial charge in [0.05, 0.1) is 11.4 Å². The quantitative estimate of drug-likeness (QED) is 0.670. The molecule has 0 aliphatic heterocycles. The summed E-state index contributed by atoms with van der Waals surface area (Å²) in [5.74, 6) is -0.488. The second kappa shape index (κ2) is 6.22. The van der Waals surface area contributed by atoms with E-state index in [4.69, 9.17) is 5.73 Å². The summed E-state index contributed by atoms with van der Waals surface area (Å²) in [5, 5.41) is 2.68. The molecule has 5 heteroatoms. The van der Waals surface area contributed by atoms with Crippen LogP contribution in [0.3, 0.4) is 0 Å². The van der Waals surface area contributed by atoms with Gasteiger partial charge in [-0.3, -0.25) is 14.4 Å². The van der Waals surface area contributed by atoms with E-state index in [9.17, 15) is 14.4 Å². The zero-order valence-electron chi connectivity index (χ0n) is 12.3. The third-order valence-corrected chi connectivity index (χ3v) is 3.26. The first kappa shape index (κ1) is 15.4. The Morgan fingerprint density at radius 2 is 1.32 bits per heavy atom. The van der Waals surface area contributed by atoms with Gasteiger partial charge in [-0.1, -0.05) is 12.1 Å². The predicted molar refractivity (Wildman–Crippen MR) is 85.3 cm³/mol. The van der Waals surface area contributed by atoms with Crippen molar-refractivity contribution in [2.45, 2.75) is 13.8 Å². The highest BCUT2D eigenvalue weighted by atomic mass is 16.1. The number of hydrogen-bond donors (Lipinski definition) is 2. The summed E-state index contributed by atoms with van der Waals surface area (Å²) in [7, 11) is 0. The standard InChI is InChI=1S/C17H16N2O3/c1-10(20)12-3-5-13(6-4-12)17(22)19-16-8-7-14(11(2)21)9-15(16)18/h3-9H,18H2,1-2H3,(H,19,22). The molecule has 2 rings (SSSR count). The number of hydrogen-bond acceptors (Lipinski definition) is 4. The molecule has 1 amide bonds. The Balaban J connectivity index is 2.18. The fourth-order valence-corrected chi connectivity index (χ4v) is 1.95. The van der Waals surface area contributed by atoms with E-state index in [2.05, 4.69) is 5.32 Å². The van der Waals surface area contributed by atoms with Gasteiger partial charge in [-0.15, -0.1) is 0 Å². The molecule has 0 heterocycles. The lowest BCUT2D eigenvalue weighted by atomic mass is 10.1.